The highest BCUT2D eigenvalue weighted by atomic mass is 79.9. The Morgan fingerprint density at radius 1 is 1.62 bits per heavy atom. The fraction of sp³-hybridized carbons (Fsp3) is 0.222. The van der Waals surface area contributed by atoms with Crippen LogP contribution in [0, 0.1) is 0 Å². The minimum Gasteiger partial charge on any atom is -0.469 e. The summed E-state index contributed by atoms with van der Waals surface area (Å²) in [6.07, 6.45) is 0.203. The lowest BCUT2D eigenvalue weighted by molar-refractivity contribution is -0.139. The predicted octanol–water partition coefficient (Wildman–Crippen LogP) is 2.82. The third-order valence-electron chi connectivity index (χ3n) is 1.57. The first-order valence-electron chi connectivity index (χ1n) is 3.64. The van der Waals surface area contributed by atoms with Gasteiger partial charge in [-0.15, -0.1) is 0 Å². The Morgan fingerprint density at radius 3 is 2.92 bits per heavy atom. The molecule has 0 atom stereocenters. The second-order valence-corrected chi connectivity index (χ2v) is 3.81. The van der Waals surface area contributed by atoms with Crippen LogP contribution in [0.15, 0.2) is 22.7 Å². The zero-order valence-electron chi connectivity index (χ0n) is 7.01. The van der Waals surface area contributed by atoms with Crippen LogP contribution in [-0.2, 0) is 16.0 Å². The summed E-state index contributed by atoms with van der Waals surface area (Å²) < 4.78 is 5.44. The maximum atomic E-state index is 10.9. The first-order chi connectivity index (χ1) is 6.13. The minimum absolute atomic E-state index is 0.203. The van der Waals surface area contributed by atoms with Crippen molar-refractivity contribution in [3.05, 3.63) is 33.3 Å². The Balaban J connectivity index is 2.87. The second-order valence-electron chi connectivity index (χ2n) is 2.49. The molecule has 1 rings (SSSR count). The van der Waals surface area contributed by atoms with E-state index in [9.17, 15) is 4.79 Å². The van der Waals surface area contributed by atoms with Crippen LogP contribution in [0.3, 0.4) is 0 Å². The fourth-order valence-corrected chi connectivity index (χ4v) is 1.50. The highest BCUT2D eigenvalue weighted by Crippen LogP contribution is 2.21. The molecule has 0 bridgehead atoms. The minimum atomic E-state index is -0.292. The van der Waals surface area contributed by atoms with Gasteiger partial charge in [-0.25, -0.2) is 0 Å². The molecule has 0 heterocycles. The van der Waals surface area contributed by atoms with E-state index in [1.54, 1.807) is 12.1 Å². The van der Waals surface area contributed by atoms with Gasteiger partial charge in [0.2, 0.25) is 0 Å². The van der Waals surface area contributed by atoms with E-state index < -0.39 is 0 Å². The number of benzene rings is 1. The highest BCUT2D eigenvalue weighted by molar-refractivity contribution is 9.10. The van der Waals surface area contributed by atoms with Crippen molar-refractivity contribution in [2.45, 2.75) is 6.42 Å². The quantitative estimate of drug-likeness (QED) is 0.767. The van der Waals surface area contributed by atoms with Crippen LogP contribution < -0.4 is 0 Å². The SMILES string of the molecule is COC(=O)Cc1cc(Br)ccc1Cl. The molecule has 0 aromatic heterocycles. The van der Waals surface area contributed by atoms with Crippen molar-refractivity contribution in [1.29, 1.82) is 0 Å². The molecule has 70 valence electrons. The number of rotatable bonds is 2. The molecule has 1 aromatic rings. The van der Waals surface area contributed by atoms with Crippen LogP contribution in [0.4, 0.5) is 0 Å². The molecule has 0 unspecified atom stereocenters. The molecule has 0 aliphatic heterocycles. The molecular weight excluding hydrogens is 255 g/mol. The van der Waals surface area contributed by atoms with Gasteiger partial charge in [-0.1, -0.05) is 27.5 Å². The van der Waals surface area contributed by atoms with E-state index in [2.05, 4.69) is 20.7 Å². The van der Waals surface area contributed by atoms with Crippen molar-refractivity contribution in [1.82, 2.24) is 0 Å². The van der Waals surface area contributed by atoms with Crippen molar-refractivity contribution < 1.29 is 9.53 Å². The number of carbonyl (C=O) groups excluding carboxylic acids is 1. The standard InChI is InChI=1S/C9H8BrClO2/c1-13-9(12)5-6-4-7(10)2-3-8(6)11/h2-4H,5H2,1H3. The summed E-state index contributed by atoms with van der Waals surface area (Å²) >= 11 is 9.17. The molecule has 0 saturated heterocycles. The number of halogens is 2. The van der Waals surface area contributed by atoms with Crippen molar-refractivity contribution in [2.24, 2.45) is 0 Å². The van der Waals surface area contributed by atoms with Crippen molar-refractivity contribution in [3.63, 3.8) is 0 Å². The lowest BCUT2D eigenvalue weighted by atomic mass is 10.1. The van der Waals surface area contributed by atoms with Gasteiger partial charge in [-0.2, -0.15) is 0 Å². The summed E-state index contributed by atoms with van der Waals surface area (Å²) in [4.78, 5) is 10.9. The summed E-state index contributed by atoms with van der Waals surface area (Å²) in [5.74, 6) is -0.292. The lowest BCUT2D eigenvalue weighted by Crippen LogP contribution is -2.04. The first kappa shape index (κ1) is 10.5. The van der Waals surface area contributed by atoms with Crippen LogP contribution in [0.25, 0.3) is 0 Å². The predicted molar refractivity (Wildman–Crippen MR) is 54.9 cm³/mol. The third kappa shape index (κ3) is 3.01. The van der Waals surface area contributed by atoms with Gasteiger partial charge in [0, 0.05) is 9.50 Å². The van der Waals surface area contributed by atoms with Gasteiger partial charge < -0.3 is 4.74 Å². The first-order valence-corrected chi connectivity index (χ1v) is 4.81. The normalized spacial score (nSPS) is 9.77. The Labute approximate surface area is 90.0 Å². The number of carbonyl (C=O) groups is 1. The second kappa shape index (κ2) is 4.63. The summed E-state index contributed by atoms with van der Waals surface area (Å²) in [6.45, 7) is 0. The largest absolute Gasteiger partial charge is 0.469 e. The van der Waals surface area contributed by atoms with E-state index in [4.69, 9.17) is 11.6 Å². The molecule has 0 aliphatic carbocycles. The molecule has 4 heteroatoms. The summed E-state index contributed by atoms with van der Waals surface area (Å²) in [6, 6.07) is 5.37. The van der Waals surface area contributed by atoms with E-state index in [1.807, 2.05) is 6.07 Å². The number of esters is 1. The average Bonchev–Trinajstić information content (AvgIpc) is 2.11. The molecule has 2 nitrogen and oxygen atoms in total. The molecule has 0 fully saturated rings. The topological polar surface area (TPSA) is 26.3 Å². The van der Waals surface area contributed by atoms with Gasteiger partial charge in [0.1, 0.15) is 0 Å². The Hall–Kier alpha value is -0.540. The number of hydrogen-bond acceptors (Lipinski definition) is 2. The lowest BCUT2D eigenvalue weighted by Gasteiger charge is -2.02. The zero-order valence-corrected chi connectivity index (χ0v) is 9.35. The molecule has 13 heavy (non-hydrogen) atoms. The highest BCUT2D eigenvalue weighted by Gasteiger charge is 2.06. The van der Waals surface area contributed by atoms with E-state index in [-0.39, 0.29) is 12.4 Å². The van der Waals surface area contributed by atoms with Gasteiger partial charge in [0.25, 0.3) is 0 Å². The maximum absolute atomic E-state index is 10.9. The third-order valence-corrected chi connectivity index (χ3v) is 2.43. The van der Waals surface area contributed by atoms with Crippen LogP contribution in [0.5, 0.6) is 0 Å². The summed E-state index contributed by atoms with van der Waals surface area (Å²) in [5.41, 5.74) is 0.767. The van der Waals surface area contributed by atoms with Crippen LogP contribution in [-0.4, -0.2) is 13.1 Å². The smallest absolute Gasteiger partial charge is 0.310 e. The van der Waals surface area contributed by atoms with Crippen LogP contribution in [0.1, 0.15) is 5.56 Å². The van der Waals surface area contributed by atoms with Gasteiger partial charge in [-0.3, -0.25) is 4.79 Å². The zero-order chi connectivity index (χ0) is 9.84. The van der Waals surface area contributed by atoms with Gasteiger partial charge in [0.05, 0.1) is 13.5 Å². The molecular formula is C9H8BrClO2. The van der Waals surface area contributed by atoms with Crippen LogP contribution >= 0.6 is 27.5 Å². The molecule has 0 aliphatic rings. The Morgan fingerprint density at radius 2 is 2.31 bits per heavy atom. The van der Waals surface area contributed by atoms with Gasteiger partial charge in [-0.05, 0) is 23.8 Å². The monoisotopic (exact) mass is 262 g/mol. The van der Waals surface area contributed by atoms with E-state index in [0.717, 1.165) is 10.0 Å². The molecule has 0 radical (unpaired) electrons. The van der Waals surface area contributed by atoms with Crippen molar-refractivity contribution in [3.8, 4) is 0 Å². The molecule has 0 spiro atoms. The van der Waals surface area contributed by atoms with E-state index in [1.165, 1.54) is 7.11 Å². The van der Waals surface area contributed by atoms with E-state index >= 15 is 0 Å². The molecule has 0 N–H and O–H groups in total. The summed E-state index contributed by atoms with van der Waals surface area (Å²) in [7, 11) is 1.36. The number of methoxy groups -OCH3 is 1. The maximum Gasteiger partial charge on any atom is 0.310 e. The van der Waals surface area contributed by atoms with Gasteiger partial charge >= 0.3 is 5.97 Å². The molecule has 1 aromatic carbocycles. The Bertz CT molecular complexity index is 325. The fourth-order valence-electron chi connectivity index (χ4n) is 0.906. The Kier molecular flexibility index (Phi) is 3.75. The average molecular weight is 264 g/mol. The van der Waals surface area contributed by atoms with Crippen molar-refractivity contribution >= 4 is 33.5 Å². The van der Waals surface area contributed by atoms with Gasteiger partial charge in [0.15, 0.2) is 0 Å². The van der Waals surface area contributed by atoms with Crippen LogP contribution in [0.2, 0.25) is 5.02 Å². The molecule has 0 amide bonds. The van der Waals surface area contributed by atoms with Crippen molar-refractivity contribution in [2.75, 3.05) is 7.11 Å². The summed E-state index contributed by atoms with van der Waals surface area (Å²) in [5, 5.41) is 0.577. The number of ether oxygens (including phenoxy) is 1. The van der Waals surface area contributed by atoms with E-state index in [0.29, 0.717) is 5.02 Å². The number of hydrogen-bond donors (Lipinski definition) is 0. The molecule has 0 saturated carbocycles.